The summed E-state index contributed by atoms with van der Waals surface area (Å²) in [6, 6.07) is 10.9. The minimum Gasteiger partial charge on any atom is -0.488 e. The van der Waals surface area contributed by atoms with E-state index >= 15 is 0 Å². The fourth-order valence-corrected chi connectivity index (χ4v) is 5.00. The minimum atomic E-state index is -1.12. The van der Waals surface area contributed by atoms with Gasteiger partial charge in [-0.25, -0.2) is 4.39 Å². The van der Waals surface area contributed by atoms with E-state index in [4.69, 9.17) is 9.84 Å². The molecule has 1 aliphatic rings. The van der Waals surface area contributed by atoms with Crippen molar-refractivity contribution in [3.05, 3.63) is 70.8 Å². The maximum absolute atomic E-state index is 14.3. The third-order valence-corrected chi connectivity index (χ3v) is 7.16. The second-order valence-corrected chi connectivity index (χ2v) is 9.73. The highest BCUT2D eigenvalue weighted by molar-refractivity contribution is 5.67. The van der Waals surface area contributed by atoms with Crippen LogP contribution in [0, 0.1) is 17.6 Å². The molecule has 0 aromatic heterocycles. The van der Waals surface area contributed by atoms with E-state index in [2.05, 4.69) is 43.4 Å². The van der Waals surface area contributed by atoms with Crippen LogP contribution in [-0.2, 0) is 17.6 Å². The molecule has 1 atom stereocenters. The SMILES string of the molecule is CCC(CC)(CC1Cc2ccccc2C1)NC[C@@H](O)COc1cc(C=CCCC(=O)O)cc(F)c1F. The van der Waals surface area contributed by atoms with E-state index in [1.807, 2.05) is 0 Å². The number of aliphatic carboxylic acids is 1. The van der Waals surface area contributed by atoms with Crippen LogP contribution in [0.25, 0.3) is 6.08 Å². The van der Waals surface area contributed by atoms with E-state index in [0.29, 0.717) is 11.5 Å². The van der Waals surface area contributed by atoms with E-state index < -0.39 is 23.7 Å². The molecule has 0 amide bonds. The maximum Gasteiger partial charge on any atom is 0.303 e. The van der Waals surface area contributed by atoms with Crippen LogP contribution in [0.2, 0.25) is 0 Å². The van der Waals surface area contributed by atoms with Gasteiger partial charge in [0.2, 0.25) is 5.82 Å². The molecule has 0 spiro atoms. The summed E-state index contributed by atoms with van der Waals surface area (Å²) < 4.78 is 33.7. The van der Waals surface area contributed by atoms with Crippen molar-refractivity contribution in [2.45, 2.75) is 70.4 Å². The van der Waals surface area contributed by atoms with Crippen LogP contribution in [0.5, 0.6) is 5.75 Å². The van der Waals surface area contributed by atoms with Crippen molar-refractivity contribution in [3.8, 4) is 5.75 Å². The molecule has 5 nitrogen and oxygen atoms in total. The highest BCUT2D eigenvalue weighted by atomic mass is 19.2. The van der Waals surface area contributed by atoms with Crippen molar-refractivity contribution in [1.82, 2.24) is 5.32 Å². The molecule has 1 aliphatic carbocycles. The molecular formula is C29H37F2NO4. The lowest BCUT2D eigenvalue weighted by Crippen LogP contribution is -2.49. The van der Waals surface area contributed by atoms with Crippen molar-refractivity contribution >= 4 is 12.0 Å². The summed E-state index contributed by atoms with van der Waals surface area (Å²) in [4.78, 5) is 10.6. The maximum atomic E-state index is 14.3. The first kappa shape index (κ1) is 27.8. The summed E-state index contributed by atoms with van der Waals surface area (Å²) in [5.74, 6) is -2.85. The summed E-state index contributed by atoms with van der Waals surface area (Å²) in [6.07, 6.45) is 7.40. The van der Waals surface area contributed by atoms with Crippen LogP contribution in [0.3, 0.4) is 0 Å². The molecule has 0 aliphatic heterocycles. The van der Waals surface area contributed by atoms with Crippen LogP contribution >= 0.6 is 0 Å². The van der Waals surface area contributed by atoms with E-state index in [1.165, 1.54) is 23.3 Å². The number of nitrogens with one attached hydrogen (secondary N) is 1. The Balaban J connectivity index is 1.54. The number of allylic oxidation sites excluding steroid dienone is 1. The first-order valence-corrected chi connectivity index (χ1v) is 12.7. The second kappa shape index (κ2) is 13.0. The largest absolute Gasteiger partial charge is 0.488 e. The van der Waals surface area contributed by atoms with Gasteiger partial charge in [-0.05, 0) is 73.3 Å². The van der Waals surface area contributed by atoms with Crippen LogP contribution in [0.1, 0.15) is 62.6 Å². The number of fused-ring (bicyclic) bond motifs is 1. The molecule has 0 bridgehead atoms. The molecule has 2 aromatic carbocycles. The third-order valence-electron chi connectivity index (χ3n) is 7.16. The smallest absolute Gasteiger partial charge is 0.303 e. The average molecular weight is 502 g/mol. The number of hydrogen-bond acceptors (Lipinski definition) is 4. The monoisotopic (exact) mass is 501 g/mol. The molecule has 0 radical (unpaired) electrons. The first-order valence-electron chi connectivity index (χ1n) is 12.7. The Morgan fingerprint density at radius 3 is 2.47 bits per heavy atom. The second-order valence-electron chi connectivity index (χ2n) is 9.73. The Morgan fingerprint density at radius 2 is 1.86 bits per heavy atom. The Labute approximate surface area is 212 Å². The zero-order chi connectivity index (χ0) is 26.1. The lowest BCUT2D eigenvalue weighted by molar-refractivity contribution is -0.136. The number of halogens is 2. The summed E-state index contributed by atoms with van der Waals surface area (Å²) in [5.41, 5.74) is 3.08. The quantitative estimate of drug-likeness (QED) is 0.317. The zero-order valence-electron chi connectivity index (χ0n) is 21.1. The van der Waals surface area contributed by atoms with Gasteiger partial charge in [0.25, 0.3) is 0 Å². The van der Waals surface area contributed by atoms with Gasteiger partial charge in [-0.1, -0.05) is 50.3 Å². The molecule has 2 aromatic rings. The van der Waals surface area contributed by atoms with Crippen LogP contribution in [-0.4, -0.2) is 41.0 Å². The van der Waals surface area contributed by atoms with E-state index in [9.17, 15) is 18.7 Å². The number of aliphatic hydroxyl groups is 1. The predicted molar refractivity (Wildman–Crippen MR) is 137 cm³/mol. The van der Waals surface area contributed by atoms with Gasteiger partial charge < -0.3 is 20.3 Å². The molecule has 0 saturated carbocycles. The molecule has 0 unspecified atom stereocenters. The molecule has 0 saturated heterocycles. The number of carboxylic acids is 1. The summed E-state index contributed by atoms with van der Waals surface area (Å²) in [7, 11) is 0. The topological polar surface area (TPSA) is 78.8 Å². The van der Waals surface area contributed by atoms with Gasteiger partial charge in [-0.15, -0.1) is 0 Å². The number of benzene rings is 2. The van der Waals surface area contributed by atoms with Crippen LogP contribution in [0.4, 0.5) is 8.78 Å². The van der Waals surface area contributed by atoms with Gasteiger partial charge in [0.05, 0.1) is 0 Å². The number of carboxylic acid groups (broad SMARTS) is 1. The van der Waals surface area contributed by atoms with Gasteiger partial charge in [0.15, 0.2) is 11.6 Å². The van der Waals surface area contributed by atoms with Crippen molar-refractivity contribution in [1.29, 1.82) is 0 Å². The standard InChI is InChI=1S/C29H37F2NO4/c1-3-29(4-2,17-21-13-22-10-6-7-11-23(22)14-21)32-18-24(33)19-36-26-16-20(15-25(30)28(26)31)9-5-8-12-27(34)35/h5-7,9-11,15-16,21,24,32-33H,3-4,8,12-14,17-19H2,1-2H3,(H,34,35)/t24-/m1/s1. The van der Waals surface area contributed by atoms with Gasteiger partial charge in [-0.2, -0.15) is 4.39 Å². The lowest BCUT2D eigenvalue weighted by Gasteiger charge is -2.36. The Morgan fingerprint density at radius 1 is 1.19 bits per heavy atom. The summed E-state index contributed by atoms with van der Waals surface area (Å²) in [6.45, 7) is 4.39. The van der Waals surface area contributed by atoms with E-state index in [-0.39, 0.29) is 37.3 Å². The molecule has 3 N–H and O–H groups in total. The van der Waals surface area contributed by atoms with Crippen molar-refractivity contribution < 1.29 is 28.5 Å². The van der Waals surface area contributed by atoms with Crippen molar-refractivity contribution in [2.75, 3.05) is 13.2 Å². The van der Waals surface area contributed by atoms with Crippen LogP contribution < -0.4 is 10.1 Å². The van der Waals surface area contributed by atoms with E-state index in [0.717, 1.165) is 38.2 Å². The molecule has 3 rings (SSSR count). The summed E-state index contributed by atoms with van der Waals surface area (Å²) in [5, 5.41) is 22.8. The third kappa shape index (κ3) is 7.61. The Bertz CT molecular complexity index is 1030. The van der Waals surface area contributed by atoms with Crippen molar-refractivity contribution in [3.63, 3.8) is 0 Å². The number of hydrogen-bond donors (Lipinski definition) is 3. The summed E-state index contributed by atoms with van der Waals surface area (Å²) >= 11 is 0. The first-order chi connectivity index (χ1) is 17.2. The number of β-amino-alcohol motifs (C(OH)–C–C–N with tert-alkyl or cyclic N) is 1. The minimum absolute atomic E-state index is 0.0482. The van der Waals surface area contributed by atoms with Gasteiger partial charge >= 0.3 is 5.97 Å². The van der Waals surface area contributed by atoms with E-state index in [1.54, 1.807) is 6.08 Å². The highest BCUT2D eigenvalue weighted by Crippen LogP contribution is 2.34. The number of aliphatic hydroxyl groups excluding tert-OH is 1. The van der Waals surface area contributed by atoms with Crippen LogP contribution in [0.15, 0.2) is 42.5 Å². The molecular weight excluding hydrogens is 464 g/mol. The Kier molecular flexibility index (Phi) is 10.0. The fraction of sp³-hybridized carbons (Fsp3) is 0.483. The number of ether oxygens (including phenoxy) is 1. The normalized spacial score (nSPS) is 14.8. The van der Waals surface area contributed by atoms with Gasteiger partial charge in [0, 0.05) is 18.5 Å². The number of carbonyl (C=O) groups is 1. The molecule has 7 heteroatoms. The lowest BCUT2D eigenvalue weighted by atomic mass is 9.81. The fourth-order valence-electron chi connectivity index (χ4n) is 5.00. The molecule has 0 heterocycles. The molecule has 0 fully saturated rings. The highest BCUT2D eigenvalue weighted by Gasteiger charge is 2.32. The van der Waals surface area contributed by atoms with Crippen molar-refractivity contribution in [2.24, 2.45) is 5.92 Å². The zero-order valence-corrected chi connectivity index (χ0v) is 21.1. The molecule has 196 valence electrons. The number of rotatable bonds is 14. The Hall–Kier alpha value is -2.77. The van der Waals surface area contributed by atoms with Gasteiger partial charge in [-0.3, -0.25) is 4.79 Å². The van der Waals surface area contributed by atoms with Gasteiger partial charge in [0.1, 0.15) is 12.7 Å². The predicted octanol–water partition coefficient (Wildman–Crippen LogP) is 5.54. The average Bonchev–Trinajstić information content (AvgIpc) is 3.27. The molecule has 36 heavy (non-hydrogen) atoms.